The fraction of sp³-hybridized carbons (Fsp3) is 0.400. The molecule has 3 nitrogen and oxygen atoms in total. The van der Waals surface area contributed by atoms with Crippen LogP contribution in [0.3, 0.4) is 0 Å². The van der Waals surface area contributed by atoms with Crippen LogP contribution < -0.4 is 0 Å². The fourth-order valence-electron chi connectivity index (χ4n) is 2.32. The molecular formula is C15H20ClN3. The van der Waals surface area contributed by atoms with Crippen LogP contribution in [0.5, 0.6) is 0 Å². The Hall–Kier alpha value is -1.32. The average Bonchev–Trinajstić information content (AvgIpc) is 2.56. The summed E-state index contributed by atoms with van der Waals surface area (Å²) in [6.07, 6.45) is 0. The summed E-state index contributed by atoms with van der Waals surface area (Å²) in [5.74, 6) is 0. The number of rotatable bonds is 4. The molecule has 1 aromatic carbocycles. The quantitative estimate of drug-likeness (QED) is 0.855. The van der Waals surface area contributed by atoms with E-state index in [1.165, 1.54) is 16.8 Å². The predicted molar refractivity (Wildman–Crippen MR) is 79.3 cm³/mol. The van der Waals surface area contributed by atoms with Gasteiger partial charge in [-0.05, 0) is 38.6 Å². The Morgan fingerprint density at radius 1 is 1.26 bits per heavy atom. The van der Waals surface area contributed by atoms with Gasteiger partial charge in [-0.25, -0.2) is 0 Å². The number of aromatic nitrogens is 2. The number of hydrogen-bond acceptors (Lipinski definition) is 2. The molecule has 0 spiro atoms. The fourth-order valence-corrected chi connectivity index (χ4v) is 2.53. The van der Waals surface area contributed by atoms with E-state index in [-0.39, 0.29) is 0 Å². The third kappa shape index (κ3) is 3.37. The van der Waals surface area contributed by atoms with E-state index in [4.69, 9.17) is 11.6 Å². The summed E-state index contributed by atoms with van der Waals surface area (Å²) in [5.41, 5.74) is 4.88. The minimum Gasteiger partial charge on any atom is -0.298 e. The first kappa shape index (κ1) is 14.1. The summed E-state index contributed by atoms with van der Waals surface area (Å²) in [4.78, 5) is 2.28. The third-order valence-corrected chi connectivity index (χ3v) is 3.66. The van der Waals surface area contributed by atoms with Crippen molar-refractivity contribution in [3.63, 3.8) is 0 Å². The Morgan fingerprint density at radius 3 is 2.58 bits per heavy atom. The largest absolute Gasteiger partial charge is 0.298 e. The van der Waals surface area contributed by atoms with Crippen molar-refractivity contribution in [1.82, 2.24) is 14.7 Å². The van der Waals surface area contributed by atoms with Crippen LogP contribution in [0.15, 0.2) is 24.3 Å². The van der Waals surface area contributed by atoms with Crippen LogP contribution in [0.1, 0.15) is 22.5 Å². The number of aryl methyl sites for hydroxylation is 2. The van der Waals surface area contributed by atoms with E-state index in [2.05, 4.69) is 37.0 Å². The Morgan fingerprint density at radius 2 is 2.00 bits per heavy atom. The molecule has 0 radical (unpaired) electrons. The van der Waals surface area contributed by atoms with Gasteiger partial charge in [0.25, 0.3) is 0 Å². The van der Waals surface area contributed by atoms with Gasteiger partial charge in [0.15, 0.2) is 0 Å². The van der Waals surface area contributed by atoms with E-state index in [1.54, 1.807) is 0 Å². The summed E-state index contributed by atoms with van der Waals surface area (Å²) in [6, 6.07) is 8.01. The number of benzene rings is 1. The summed E-state index contributed by atoms with van der Waals surface area (Å²) in [5, 5.41) is 5.25. The summed E-state index contributed by atoms with van der Waals surface area (Å²) >= 11 is 6.01. The van der Waals surface area contributed by atoms with Crippen LogP contribution >= 0.6 is 11.6 Å². The molecule has 0 N–H and O–H groups in total. The molecule has 2 aromatic rings. The zero-order valence-electron chi connectivity index (χ0n) is 11.9. The van der Waals surface area contributed by atoms with Crippen LogP contribution in [-0.2, 0) is 20.1 Å². The van der Waals surface area contributed by atoms with Crippen LogP contribution in [0.25, 0.3) is 0 Å². The van der Waals surface area contributed by atoms with Gasteiger partial charge in [-0.1, -0.05) is 23.7 Å². The van der Waals surface area contributed by atoms with Crippen molar-refractivity contribution in [2.45, 2.75) is 26.9 Å². The van der Waals surface area contributed by atoms with E-state index in [1.807, 2.05) is 29.9 Å². The predicted octanol–water partition coefficient (Wildman–Crippen LogP) is 3.32. The van der Waals surface area contributed by atoms with E-state index >= 15 is 0 Å². The minimum atomic E-state index is 0.791. The first-order valence-electron chi connectivity index (χ1n) is 6.39. The van der Waals surface area contributed by atoms with Crippen LogP contribution in [-0.4, -0.2) is 21.7 Å². The highest BCUT2D eigenvalue weighted by Crippen LogP contribution is 2.17. The monoisotopic (exact) mass is 277 g/mol. The van der Waals surface area contributed by atoms with Crippen molar-refractivity contribution >= 4 is 11.6 Å². The first-order chi connectivity index (χ1) is 8.97. The molecule has 19 heavy (non-hydrogen) atoms. The van der Waals surface area contributed by atoms with E-state index < -0.39 is 0 Å². The molecule has 0 aliphatic heterocycles. The Labute approximate surface area is 119 Å². The zero-order valence-corrected chi connectivity index (χ0v) is 12.7. The highest BCUT2D eigenvalue weighted by molar-refractivity contribution is 6.30. The highest BCUT2D eigenvalue weighted by Gasteiger charge is 2.11. The van der Waals surface area contributed by atoms with Crippen LogP contribution in [0.4, 0.5) is 0 Å². The highest BCUT2D eigenvalue weighted by atomic mass is 35.5. The second-order valence-corrected chi connectivity index (χ2v) is 5.51. The first-order valence-corrected chi connectivity index (χ1v) is 6.77. The maximum absolute atomic E-state index is 6.01. The molecule has 2 rings (SSSR count). The Bertz CT molecular complexity index is 575. The molecule has 0 saturated heterocycles. The lowest BCUT2D eigenvalue weighted by molar-refractivity contribution is 0.317. The van der Waals surface area contributed by atoms with Crippen molar-refractivity contribution < 1.29 is 0 Å². The molecule has 0 aliphatic carbocycles. The summed E-state index contributed by atoms with van der Waals surface area (Å²) < 4.78 is 1.94. The molecule has 0 aliphatic rings. The van der Waals surface area contributed by atoms with Gasteiger partial charge >= 0.3 is 0 Å². The van der Waals surface area contributed by atoms with Gasteiger partial charge in [0.05, 0.1) is 5.69 Å². The van der Waals surface area contributed by atoms with Crippen molar-refractivity contribution in [1.29, 1.82) is 0 Å². The van der Waals surface area contributed by atoms with Crippen LogP contribution in [0.2, 0.25) is 5.02 Å². The second kappa shape index (κ2) is 5.76. The molecule has 0 unspecified atom stereocenters. The van der Waals surface area contributed by atoms with Crippen molar-refractivity contribution in [2.75, 3.05) is 7.05 Å². The lowest BCUT2D eigenvalue weighted by Crippen LogP contribution is -2.18. The molecule has 0 bridgehead atoms. The minimum absolute atomic E-state index is 0.791. The summed E-state index contributed by atoms with van der Waals surface area (Å²) in [6.45, 7) is 5.96. The maximum Gasteiger partial charge on any atom is 0.0641 e. The Kier molecular flexibility index (Phi) is 4.27. The molecule has 1 heterocycles. The second-order valence-electron chi connectivity index (χ2n) is 5.08. The third-order valence-electron chi connectivity index (χ3n) is 3.43. The standard InChI is InChI=1S/C15H20ClN3/c1-11-15(12(2)19(4)17-11)10-18(3)9-13-6-5-7-14(16)8-13/h5-8H,9-10H2,1-4H3. The summed E-state index contributed by atoms with van der Waals surface area (Å²) in [7, 11) is 4.11. The number of nitrogens with zero attached hydrogens (tertiary/aromatic N) is 3. The van der Waals surface area contributed by atoms with Gasteiger partial charge in [0.2, 0.25) is 0 Å². The molecule has 102 valence electrons. The molecular weight excluding hydrogens is 258 g/mol. The lowest BCUT2D eigenvalue weighted by atomic mass is 10.1. The van der Waals surface area contributed by atoms with Gasteiger partial charge in [0, 0.05) is 36.4 Å². The molecule has 4 heteroatoms. The van der Waals surface area contributed by atoms with Crippen molar-refractivity contribution in [3.8, 4) is 0 Å². The Balaban J connectivity index is 2.07. The van der Waals surface area contributed by atoms with Gasteiger partial charge in [-0.3, -0.25) is 9.58 Å². The number of hydrogen-bond donors (Lipinski definition) is 0. The van der Waals surface area contributed by atoms with E-state index in [0.29, 0.717) is 0 Å². The van der Waals surface area contributed by atoms with E-state index in [0.717, 1.165) is 23.8 Å². The molecule has 0 fully saturated rings. The van der Waals surface area contributed by atoms with E-state index in [9.17, 15) is 0 Å². The van der Waals surface area contributed by atoms with Gasteiger partial charge in [0.1, 0.15) is 0 Å². The molecule has 0 saturated carbocycles. The van der Waals surface area contributed by atoms with Crippen LogP contribution in [0, 0.1) is 13.8 Å². The molecule has 0 atom stereocenters. The van der Waals surface area contributed by atoms with Gasteiger partial charge in [-0.2, -0.15) is 5.10 Å². The van der Waals surface area contributed by atoms with Gasteiger partial charge in [-0.15, -0.1) is 0 Å². The number of halogens is 1. The van der Waals surface area contributed by atoms with Gasteiger partial charge < -0.3 is 0 Å². The zero-order chi connectivity index (χ0) is 14.0. The SMILES string of the molecule is Cc1nn(C)c(C)c1CN(C)Cc1cccc(Cl)c1. The lowest BCUT2D eigenvalue weighted by Gasteiger charge is -2.17. The normalized spacial score (nSPS) is 11.3. The topological polar surface area (TPSA) is 21.1 Å². The maximum atomic E-state index is 6.01. The molecule has 1 aromatic heterocycles. The van der Waals surface area contributed by atoms with Crippen molar-refractivity contribution in [3.05, 3.63) is 51.8 Å². The smallest absolute Gasteiger partial charge is 0.0641 e. The average molecular weight is 278 g/mol. The van der Waals surface area contributed by atoms with Crippen molar-refractivity contribution in [2.24, 2.45) is 7.05 Å². The molecule has 0 amide bonds.